The number of ether oxygens (including phenoxy) is 2. The second-order valence-corrected chi connectivity index (χ2v) is 10.6. The van der Waals surface area contributed by atoms with E-state index >= 15 is 0 Å². The van der Waals surface area contributed by atoms with Crippen LogP contribution in [-0.2, 0) is 20.8 Å². The minimum atomic E-state index is -1.19. The van der Waals surface area contributed by atoms with Crippen molar-refractivity contribution < 1.29 is 19.4 Å². The number of hydrogen-bond acceptors (Lipinski definition) is 5. The van der Waals surface area contributed by atoms with Crippen LogP contribution in [0.3, 0.4) is 0 Å². The number of aryl methyl sites for hydroxylation is 1. The van der Waals surface area contributed by atoms with Gasteiger partial charge in [0.25, 0.3) is 5.56 Å². The Bertz CT molecular complexity index is 1300. The predicted octanol–water partition coefficient (Wildman–Crippen LogP) is 4.90. The molecule has 4 rings (SSSR count). The van der Waals surface area contributed by atoms with Gasteiger partial charge in [-0.25, -0.2) is 4.79 Å². The number of halogens is 1. The minimum absolute atomic E-state index is 0.0920. The Morgan fingerprint density at radius 2 is 1.78 bits per heavy atom. The molecule has 0 aliphatic carbocycles. The molecule has 1 aliphatic heterocycles. The highest BCUT2D eigenvalue weighted by Crippen LogP contribution is 2.40. The summed E-state index contributed by atoms with van der Waals surface area (Å²) in [5.74, 6) is -1.07. The number of nitrogens with zero attached hydrogens (tertiary/aromatic N) is 2. The standard InChI is InChI=1S/C28H33ClN2O5/c1-18-17-22-21(9-10-23(32)31(22)12-11-30-13-15-35-16-14-30)25(19-5-7-20(29)8-6-19)24(18)26(27(33)34)36-28(2,3)4/h5-10,17,26H,11-16H2,1-4H3,(H,33,34). The molecule has 0 radical (unpaired) electrons. The number of morpholine rings is 1. The van der Waals surface area contributed by atoms with Crippen molar-refractivity contribution >= 4 is 28.5 Å². The molecule has 8 heteroatoms. The highest BCUT2D eigenvalue weighted by molar-refractivity contribution is 6.30. The molecule has 1 N–H and O–H groups in total. The summed E-state index contributed by atoms with van der Waals surface area (Å²) in [6.45, 7) is 11.7. The second kappa shape index (κ2) is 10.7. The number of pyridine rings is 1. The second-order valence-electron chi connectivity index (χ2n) is 10.1. The summed E-state index contributed by atoms with van der Waals surface area (Å²) in [5.41, 5.74) is 2.86. The van der Waals surface area contributed by atoms with Gasteiger partial charge in [-0.3, -0.25) is 9.69 Å². The Labute approximate surface area is 216 Å². The highest BCUT2D eigenvalue weighted by Gasteiger charge is 2.32. The van der Waals surface area contributed by atoms with Crippen LogP contribution in [0.1, 0.15) is 38.0 Å². The molecule has 1 saturated heterocycles. The molecule has 1 aromatic heterocycles. The Kier molecular flexibility index (Phi) is 7.85. The topological polar surface area (TPSA) is 81.0 Å². The largest absolute Gasteiger partial charge is 0.479 e. The summed E-state index contributed by atoms with van der Waals surface area (Å²) in [7, 11) is 0. The van der Waals surface area contributed by atoms with Gasteiger partial charge in [0.15, 0.2) is 6.10 Å². The third-order valence-electron chi connectivity index (χ3n) is 6.38. The van der Waals surface area contributed by atoms with Crippen molar-refractivity contribution in [2.24, 2.45) is 0 Å². The number of aliphatic carboxylic acids is 1. The van der Waals surface area contributed by atoms with Gasteiger partial charge in [-0.1, -0.05) is 23.7 Å². The van der Waals surface area contributed by atoms with E-state index in [0.29, 0.717) is 30.3 Å². The van der Waals surface area contributed by atoms with Gasteiger partial charge in [0.1, 0.15) is 0 Å². The molecular formula is C28H33ClN2O5. The van der Waals surface area contributed by atoms with E-state index < -0.39 is 17.7 Å². The molecule has 3 aromatic rings. The first kappa shape index (κ1) is 26.4. The number of benzene rings is 2. The van der Waals surface area contributed by atoms with Crippen LogP contribution in [0.5, 0.6) is 0 Å². The van der Waals surface area contributed by atoms with Crippen LogP contribution in [-0.4, -0.2) is 59.0 Å². The molecule has 2 heterocycles. The smallest absolute Gasteiger partial charge is 0.337 e. The van der Waals surface area contributed by atoms with Crippen molar-refractivity contribution in [1.82, 2.24) is 9.47 Å². The van der Waals surface area contributed by atoms with Crippen molar-refractivity contribution in [3.8, 4) is 11.1 Å². The molecule has 36 heavy (non-hydrogen) atoms. The van der Waals surface area contributed by atoms with Gasteiger partial charge in [0.05, 0.1) is 24.3 Å². The first-order chi connectivity index (χ1) is 17.0. The molecule has 1 aliphatic rings. The molecule has 0 saturated carbocycles. The number of carboxylic acids is 1. The highest BCUT2D eigenvalue weighted by atomic mass is 35.5. The van der Waals surface area contributed by atoms with E-state index in [1.54, 1.807) is 28.8 Å². The lowest BCUT2D eigenvalue weighted by Crippen LogP contribution is -2.39. The number of carbonyl (C=O) groups is 1. The van der Waals surface area contributed by atoms with Gasteiger partial charge in [0, 0.05) is 48.2 Å². The fourth-order valence-electron chi connectivity index (χ4n) is 4.73. The summed E-state index contributed by atoms with van der Waals surface area (Å²) in [4.78, 5) is 27.8. The number of hydrogen-bond donors (Lipinski definition) is 1. The zero-order valence-corrected chi connectivity index (χ0v) is 22.0. The average Bonchev–Trinajstić information content (AvgIpc) is 2.82. The molecule has 192 valence electrons. The number of fused-ring (bicyclic) bond motifs is 1. The molecule has 1 atom stereocenters. The summed E-state index contributed by atoms with van der Waals surface area (Å²) in [5, 5.41) is 11.6. The predicted molar refractivity (Wildman–Crippen MR) is 142 cm³/mol. The number of aromatic nitrogens is 1. The molecular weight excluding hydrogens is 480 g/mol. The number of rotatable bonds is 7. The summed E-state index contributed by atoms with van der Waals surface area (Å²) < 4.78 is 13.3. The van der Waals surface area contributed by atoms with E-state index in [1.807, 2.05) is 45.9 Å². The molecule has 1 unspecified atom stereocenters. The molecule has 2 aromatic carbocycles. The maximum atomic E-state index is 13.0. The van der Waals surface area contributed by atoms with Crippen LogP contribution < -0.4 is 5.56 Å². The van der Waals surface area contributed by atoms with Crippen molar-refractivity contribution in [2.75, 3.05) is 32.8 Å². The summed E-state index contributed by atoms with van der Waals surface area (Å²) >= 11 is 6.17. The molecule has 0 spiro atoms. The van der Waals surface area contributed by atoms with E-state index in [-0.39, 0.29) is 5.56 Å². The third kappa shape index (κ3) is 5.81. The van der Waals surface area contributed by atoms with Crippen molar-refractivity contribution in [3.63, 3.8) is 0 Å². The fourth-order valence-corrected chi connectivity index (χ4v) is 4.86. The van der Waals surface area contributed by atoms with Crippen molar-refractivity contribution in [3.05, 3.63) is 69.0 Å². The van der Waals surface area contributed by atoms with Gasteiger partial charge >= 0.3 is 5.97 Å². The first-order valence-corrected chi connectivity index (χ1v) is 12.6. The molecule has 1 fully saturated rings. The lowest BCUT2D eigenvalue weighted by Gasteiger charge is -2.29. The van der Waals surface area contributed by atoms with Crippen molar-refractivity contribution in [1.29, 1.82) is 0 Å². The summed E-state index contributed by atoms with van der Waals surface area (Å²) in [6, 6.07) is 12.6. The van der Waals surface area contributed by atoms with Gasteiger partial charge in [-0.2, -0.15) is 0 Å². The van der Waals surface area contributed by atoms with E-state index in [4.69, 9.17) is 21.1 Å². The maximum Gasteiger partial charge on any atom is 0.337 e. The molecule has 0 amide bonds. The van der Waals surface area contributed by atoms with Gasteiger partial charge in [-0.15, -0.1) is 0 Å². The third-order valence-corrected chi connectivity index (χ3v) is 6.63. The molecule has 0 bridgehead atoms. The lowest BCUT2D eigenvalue weighted by atomic mass is 9.88. The molecule has 7 nitrogen and oxygen atoms in total. The van der Waals surface area contributed by atoms with Crippen LogP contribution in [0.15, 0.2) is 47.3 Å². The van der Waals surface area contributed by atoms with E-state index in [0.717, 1.165) is 47.2 Å². The minimum Gasteiger partial charge on any atom is -0.479 e. The summed E-state index contributed by atoms with van der Waals surface area (Å²) in [6.07, 6.45) is -1.19. The van der Waals surface area contributed by atoms with Crippen LogP contribution in [0.25, 0.3) is 22.0 Å². The monoisotopic (exact) mass is 512 g/mol. The Hall–Kier alpha value is -2.71. The van der Waals surface area contributed by atoms with Crippen LogP contribution >= 0.6 is 11.6 Å². The Balaban J connectivity index is 1.94. The Morgan fingerprint density at radius 3 is 2.39 bits per heavy atom. The van der Waals surface area contributed by atoms with E-state index in [1.165, 1.54) is 0 Å². The maximum absolute atomic E-state index is 13.0. The number of carboxylic acid groups (broad SMARTS) is 1. The van der Waals surface area contributed by atoms with E-state index in [9.17, 15) is 14.7 Å². The SMILES string of the molecule is Cc1cc2c(ccc(=O)n2CCN2CCOCC2)c(-c2ccc(Cl)cc2)c1C(OC(C)(C)C)C(=O)O. The van der Waals surface area contributed by atoms with Gasteiger partial charge in [-0.05, 0) is 68.7 Å². The van der Waals surface area contributed by atoms with Crippen LogP contribution in [0.4, 0.5) is 0 Å². The van der Waals surface area contributed by atoms with Crippen LogP contribution in [0, 0.1) is 6.92 Å². The van der Waals surface area contributed by atoms with E-state index in [2.05, 4.69) is 4.90 Å². The zero-order valence-electron chi connectivity index (χ0n) is 21.2. The Morgan fingerprint density at radius 1 is 1.11 bits per heavy atom. The lowest BCUT2D eigenvalue weighted by molar-refractivity contribution is -0.160. The first-order valence-electron chi connectivity index (χ1n) is 12.2. The normalized spacial score (nSPS) is 15.8. The average molecular weight is 513 g/mol. The fraction of sp³-hybridized carbons (Fsp3) is 0.429. The van der Waals surface area contributed by atoms with Gasteiger partial charge < -0.3 is 19.1 Å². The quantitative estimate of drug-likeness (QED) is 0.485. The van der Waals surface area contributed by atoms with Crippen LogP contribution in [0.2, 0.25) is 5.02 Å². The van der Waals surface area contributed by atoms with Gasteiger partial charge in [0.2, 0.25) is 0 Å². The zero-order chi connectivity index (χ0) is 26.0. The van der Waals surface area contributed by atoms with Crippen molar-refractivity contribution in [2.45, 2.75) is 45.9 Å².